The lowest BCUT2D eigenvalue weighted by molar-refractivity contribution is 0.0108. The number of hydrogen-bond acceptors (Lipinski definition) is 4. The summed E-state index contributed by atoms with van der Waals surface area (Å²) >= 11 is 5.84. The van der Waals surface area contributed by atoms with Crippen molar-refractivity contribution >= 4 is 17.6 Å². The third-order valence-corrected chi connectivity index (χ3v) is 3.14. The number of nitrogens with zero attached hydrogens (tertiary/aromatic N) is 2. The number of rotatable bonds is 2. The molecule has 0 N–H and O–H groups in total. The molecule has 1 saturated heterocycles. The van der Waals surface area contributed by atoms with E-state index in [2.05, 4.69) is 9.88 Å². The van der Waals surface area contributed by atoms with E-state index < -0.39 is 0 Å². The van der Waals surface area contributed by atoms with Crippen LogP contribution in [0.4, 0.5) is 0 Å². The van der Waals surface area contributed by atoms with Crippen LogP contribution in [0.15, 0.2) is 18.3 Å². The normalized spacial score (nSPS) is 21.2. The van der Waals surface area contributed by atoms with Crippen molar-refractivity contribution in [3.05, 3.63) is 29.0 Å². The molecule has 1 aromatic heterocycles. The van der Waals surface area contributed by atoms with Gasteiger partial charge in [0.05, 0.1) is 5.56 Å². The largest absolute Gasteiger partial charge is 0.457 e. The maximum absolute atomic E-state index is 11.9. The number of piperidine rings is 1. The fraction of sp³-hybridized carbons (Fsp3) is 0.500. The maximum Gasteiger partial charge on any atom is 0.341 e. The van der Waals surface area contributed by atoms with Crippen LogP contribution in [-0.2, 0) is 4.74 Å². The molecule has 1 atom stereocenters. The number of likely N-dealkylation sites (tertiary alicyclic amines) is 1. The van der Waals surface area contributed by atoms with Gasteiger partial charge in [-0.25, -0.2) is 9.78 Å². The van der Waals surface area contributed by atoms with Gasteiger partial charge in [0.1, 0.15) is 11.3 Å². The van der Waals surface area contributed by atoms with Crippen LogP contribution in [0.5, 0.6) is 0 Å². The first kappa shape index (κ1) is 12.3. The van der Waals surface area contributed by atoms with Crippen molar-refractivity contribution in [2.75, 3.05) is 20.1 Å². The monoisotopic (exact) mass is 254 g/mol. The highest BCUT2D eigenvalue weighted by Gasteiger charge is 2.22. The summed E-state index contributed by atoms with van der Waals surface area (Å²) in [6.45, 7) is 1.84. The summed E-state index contributed by atoms with van der Waals surface area (Å²) in [5, 5.41) is 0.196. The average molecular weight is 255 g/mol. The molecule has 5 heteroatoms. The van der Waals surface area contributed by atoms with Crippen molar-refractivity contribution in [1.29, 1.82) is 0 Å². The van der Waals surface area contributed by atoms with Gasteiger partial charge in [-0.15, -0.1) is 0 Å². The van der Waals surface area contributed by atoms with E-state index in [1.165, 1.54) is 0 Å². The zero-order valence-corrected chi connectivity index (χ0v) is 10.5. The third kappa shape index (κ3) is 3.17. The van der Waals surface area contributed by atoms with Crippen LogP contribution in [-0.4, -0.2) is 42.1 Å². The predicted molar refractivity (Wildman–Crippen MR) is 65.2 cm³/mol. The Balaban J connectivity index is 1.99. The van der Waals surface area contributed by atoms with E-state index in [0.717, 1.165) is 25.9 Å². The first-order valence-electron chi connectivity index (χ1n) is 5.67. The zero-order valence-electron chi connectivity index (χ0n) is 9.73. The second-order valence-electron chi connectivity index (χ2n) is 4.27. The molecule has 0 saturated carbocycles. The van der Waals surface area contributed by atoms with E-state index in [4.69, 9.17) is 16.3 Å². The summed E-state index contributed by atoms with van der Waals surface area (Å²) in [5.74, 6) is -0.386. The number of ether oxygens (including phenoxy) is 1. The van der Waals surface area contributed by atoms with Gasteiger partial charge < -0.3 is 9.64 Å². The quantitative estimate of drug-likeness (QED) is 0.598. The standard InChI is InChI=1S/C12H15ClN2O2/c1-15-7-3-4-9(8-15)17-12(16)10-5-2-6-14-11(10)13/h2,5-6,9H,3-4,7-8H2,1H3/t9-/m1/s1. The molecule has 1 aliphatic heterocycles. The van der Waals surface area contributed by atoms with Gasteiger partial charge in [-0.05, 0) is 38.6 Å². The lowest BCUT2D eigenvalue weighted by Crippen LogP contribution is -2.38. The van der Waals surface area contributed by atoms with Gasteiger partial charge in [0.15, 0.2) is 0 Å². The first-order chi connectivity index (χ1) is 8.16. The molecule has 0 radical (unpaired) electrons. The maximum atomic E-state index is 11.9. The van der Waals surface area contributed by atoms with Crippen molar-refractivity contribution in [2.45, 2.75) is 18.9 Å². The fourth-order valence-electron chi connectivity index (χ4n) is 1.97. The minimum absolute atomic E-state index is 0.0440. The number of hydrogen-bond donors (Lipinski definition) is 0. The molecule has 1 fully saturated rings. The van der Waals surface area contributed by atoms with Crippen LogP contribution < -0.4 is 0 Å². The highest BCUT2D eigenvalue weighted by molar-refractivity contribution is 6.32. The Morgan fingerprint density at radius 2 is 2.47 bits per heavy atom. The lowest BCUT2D eigenvalue weighted by atomic mass is 10.1. The number of halogens is 1. The summed E-state index contributed by atoms with van der Waals surface area (Å²) in [6.07, 6.45) is 3.47. The Morgan fingerprint density at radius 1 is 1.65 bits per heavy atom. The van der Waals surface area contributed by atoms with Crippen LogP contribution in [0.2, 0.25) is 5.15 Å². The van der Waals surface area contributed by atoms with Crippen LogP contribution in [0.25, 0.3) is 0 Å². The van der Waals surface area contributed by atoms with E-state index in [1.54, 1.807) is 18.3 Å². The highest BCUT2D eigenvalue weighted by Crippen LogP contribution is 2.17. The van der Waals surface area contributed by atoms with Crippen molar-refractivity contribution in [3.8, 4) is 0 Å². The second-order valence-corrected chi connectivity index (χ2v) is 4.63. The molecule has 2 heterocycles. The molecule has 0 amide bonds. The Bertz CT molecular complexity index is 411. The lowest BCUT2D eigenvalue weighted by Gasteiger charge is -2.29. The van der Waals surface area contributed by atoms with Gasteiger partial charge in [0, 0.05) is 12.7 Å². The van der Waals surface area contributed by atoms with Gasteiger partial charge in [0.25, 0.3) is 0 Å². The first-order valence-corrected chi connectivity index (χ1v) is 6.04. The molecule has 0 aromatic carbocycles. The number of aromatic nitrogens is 1. The van der Waals surface area contributed by atoms with Crippen LogP contribution in [0.1, 0.15) is 23.2 Å². The fourth-order valence-corrected chi connectivity index (χ4v) is 2.16. The number of likely N-dealkylation sites (N-methyl/N-ethyl adjacent to an activating group) is 1. The smallest absolute Gasteiger partial charge is 0.341 e. The summed E-state index contributed by atoms with van der Waals surface area (Å²) in [7, 11) is 2.02. The molecular weight excluding hydrogens is 240 g/mol. The van der Waals surface area contributed by atoms with E-state index >= 15 is 0 Å². The Hall–Kier alpha value is -1.13. The van der Waals surface area contributed by atoms with Crippen molar-refractivity contribution in [3.63, 3.8) is 0 Å². The molecule has 0 unspecified atom stereocenters. The number of carbonyl (C=O) groups is 1. The summed E-state index contributed by atoms with van der Waals surface area (Å²) < 4.78 is 5.42. The van der Waals surface area contributed by atoms with Gasteiger partial charge in [-0.1, -0.05) is 11.6 Å². The molecule has 1 aliphatic rings. The summed E-state index contributed by atoms with van der Waals surface area (Å²) in [5.41, 5.74) is 0.336. The number of carbonyl (C=O) groups excluding carboxylic acids is 1. The molecule has 0 spiro atoms. The minimum atomic E-state index is -0.386. The Morgan fingerprint density at radius 3 is 3.18 bits per heavy atom. The van der Waals surface area contributed by atoms with E-state index in [-0.39, 0.29) is 17.2 Å². The third-order valence-electron chi connectivity index (χ3n) is 2.83. The van der Waals surface area contributed by atoms with E-state index in [1.807, 2.05) is 7.05 Å². The van der Waals surface area contributed by atoms with Gasteiger partial charge >= 0.3 is 5.97 Å². The van der Waals surface area contributed by atoms with Crippen molar-refractivity contribution in [2.24, 2.45) is 0 Å². The predicted octanol–water partition coefficient (Wildman–Crippen LogP) is 1.99. The SMILES string of the molecule is CN1CCC[C@@H](OC(=O)c2cccnc2Cl)C1. The van der Waals surface area contributed by atoms with Crippen molar-refractivity contribution < 1.29 is 9.53 Å². The average Bonchev–Trinajstić information content (AvgIpc) is 2.29. The van der Waals surface area contributed by atoms with Gasteiger partial charge in [-0.3, -0.25) is 0 Å². The summed E-state index contributed by atoms with van der Waals surface area (Å²) in [4.78, 5) is 17.9. The van der Waals surface area contributed by atoms with Crippen LogP contribution in [0.3, 0.4) is 0 Å². The van der Waals surface area contributed by atoms with Crippen LogP contribution in [0, 0.1) is 0 Å². The molecule has 0 bridgehead atoms. The number of pyridine rings is 1. The van der Waals surface area contributed by atoms with Gasteiger partial charge in [0.2, 0.25) is 0 Å². The Labute approximate surface area is 106 Å². The molecule has 4 nitrogen and oxygen atoms in total. The molecule has 0 aliphatic carbocycles. The molecular formula is C12H15ClN2O2. The van der Waals surface area contributed by atoms with Crippen molar-refractivity contribution in [1.82, 2.24) is 9.88 Å². The highest BCUT2D eigenvalue weighted by atomic mass is 35.5. The zero-order chi connectivity index (χ0) is 12.3. The topological polar surface area (TPSA) is 42.4 Å². The summed E-state index contributed by atoms with van der Waals surface area (Å²) in [6, 6.07) is 3.31. The molecule has 17 heavy (non-hydrogen) atoms. The van der Waals surface area contributed by atoms with Gasteiger partial charge in [-0.2, -0.15) is 0 Å². The van der Waals surface area contributed by atoms with E-state index in [9.17, 15) is 4.79 Å². The number of esters is 1. The minimum Gasteiger partial charge on any atom is -0.457 e. The second kappa shape index (κ2) is 5.47. The molecule has 1 aromatic rings. The Kier molecular flexibility index (Phi) is 3.97. The van der Waals surface area contributed by atoms with Crippen LogP contribution >= 0.6 is 11.6 Å². The molecule has 2 rings (SSSR count). The molecule has 92 valence electrons. The van der Waals surface area contributed by atoms with E-state index in [0.29, 0.717) is 5.56 Å².